The molecular formula is C55H100O6. The van der Waals surface area contributed by atoms with E-state index in [2.05, 4.69) is 57.2 Å². The van der Waals surface area contributed by atoms with E-state index in [0.717, 1.165) is 83.5 Å². The highest BCUT2D eigenvalue weighted by Crippen LogP contribution is 2.15. The van der Waals surface area contributed by atoms with Crippen LogP contribution in [0.3, 0.4) is 0 Å². The first-order chi connectivity index (χ1) is 30.0. The zero-order chi connectivity index (χ0) is 44.4. The van der Waals surface area contributed by atoms with Crippen molar-refractivity contribution in [3.8, 4) is 0 Å². The number of carbonyl (C=O) groups excluding carboxylic acids is 3. The number of esters is 3. The van der Waals surface area contributed by atoms with Gasteiger partial charge in [0, 0.05) is 19.3 Å². The minimum Gasteiger partial charge on any atom is -0.462 e. The molecular weight excluding hydrogens is 757 g/mol. The molecule has 0 aliphatic carbocycles. The lowest BCUT2D eigenvalue weighted by atomic mass is 10.1. The molecule has 0 aromatic rings. The third kappa shape index (κ3) is 48.5. The van der Waals surface area contributed by atoms with Gasteiger partial charge in [0.2, 0.25) is 0 Å². The summed E-state index contributed by atoms with van der Waals surface area (Å²) in [6, 6.07) is 0. The molecule has 0 saturated heterocycles. The van der Waals surface area contributed by atoms with E-state index in [1.54, 1.807) is 0 Å². The van der Waals surface area contributed by atoms with E-state index in [-0.39, 0.29) is 31.1 Å². The highest BCUT2D eigenvalue weighted by atomic mass is 16.6. The van der Waals surface area contributed by atoms with Gasteiger partial charge in [-0.2, -0.15) is 0 Å². The van der Waals surface area contributed by atoms with E-state index < -0.39 is 6.10 Å². The number of rotatable bonds is 48. The van der Waals surface area contributed by atoms with Crippen LogP contribution in [0.4, 0.5) is 0 Å². The molecule has 6 heteroatoms. The van der Waals surface area contributed by atoms with Crippen molar-refractivity contribution in [2.75, 3.05) is 13.2 Å². The summed E-state index contributed by atoms with van der Waals surface area (Å²) in [5, 5.41) is 0. The summed E-state index contributed by atoms with van der Waals surface area (Å²) >= 11 is 0. The standard InChI is InChI=1S/C55H100O6/c1-4-7-10-13-16-19-22-24-25-26-27-28-29-30-31-32-34-36-39-42-45-48-54(57)60-51-52(50-59-53(56)47-44-41-38-35-21-18-15-12-9-6-3)61-55(58)49-46-43-40-37-33-23-20-17-14-11-8-5-2/h12,15,17,20,26-27,52H,4-11,13-14,16,18-19,21-25,28-51H2,1-3H3/b15-12-,20-17-,27-26-. The summed E-state index contributed by atoms with van der Waals surface area (Å²) in [4.78, 5) is 37.9. The molecule has 0 aliphatic heterocycles. The monoisotopic (exact) mass is 857 g/mol. The van der Waals surface area contributed by atoms with Gasteiger partial charge in [-0.3, -0.25) is 14.4 Å². The summed E-state index contributed by atoms with van der Waals surface area (Å²) in [6.07, 6.45) is 58.5. The maximum Gasteiger partial charge on any atom is 0.306 e. The molecule has 0 aliphatic rings. The predicted octanol–water partition coefficient (Wildman–Crippen LogP) is 17.3. The largest absolute Gasteiger partial charge is 0.462 e. The molecule has 0 amide bonds. The molecule has 0 bridgehead atoms. The van der Waals surface area contributed by atoms with Crippen LogP contribution in [-0.4, -0.2) is 37.2 Å². The second kappa shape index (κ2) is 50.3. The fourth-order valence-electron chi connectivity index (χ4n) is 7.55. The van der Waals surface area contributed by atoms with Gasteiger partial charge in [0.25, 0.3) is 0 Å². The van der Waals surface area contributed by atoms with Crippen LogP contribution in [0.1, 0.15) is 278 Å². The Morgan fingerprint density at radius 2 is 0.574 bits per heavy atom. The van der Waals surface area contributed by atoms with Gasteiger partial charge in [-0.15, -0.1) is 0 Å². The fraction of sp³-hybridized carbons (Fsp3) is 0.836. The molecule has 0 heterocycles. The summed E-state index contributed by atoms with van der Waals surface area (Å²) in [5.41, 5.74) is 0. The number of hydrogen-bond donors (Lipinski definition) is 0. The Bertz CT molecular complexity index is 1030. The molecule has 1 unspecified atom stereocenters. The normalized spacial score (nSPS) is 12.2. The highest BCUT2D eigenvalue weighted by Gasteiger charge is 2.19. The topological polar surface area (TPSA) is 78.9 Å². The predicted molar refractivity (Wildman–Crippen MR) is 261 cm³/mol. The van der Waals surface area contributed by atoms with Crippen LogP contribution in [-0.2, 0) is 28.6 Å². The van der Waals surface area contributed by atoms with E-state index in [0.29, 0.717) is 19.3 Å². The molecule has 0 aromatic heterocycles. The first kappa shape index (κ1) is 58.6. The average molecular weight is 857 g/mol. The Labute approximate surface area is 378 Å². The van der Waals surface area contributed by atoms with Gasteiger partial charge in [-0.05, 0) is 89.9 Å². The summed E-state index contributed by atoms with van der Waals surface area (Å²) in [6.45, 7) is 6.55. The zero-order valence-electron chi connectivity index (χ0n) is 40.7. The Balaban J connectivity index is 4.25. The summed E-state index contributed by atoms with van der Waals surface area (Å²) < 4.78 is 16.8. The second-order valence-electron chi connectivity index (χ2n) is 17.8. The first-order valence-corrected chi connectivity index (χ1v) is 26.5. The van der Waals surface area contributed by atoms with Crippen LogP contribution in [0, 0.1) is 0 Å². The Morgan fingerprint density at radius 1 is 0.311 bits per heavy atom. The van der Waals surface area contributed by atoms with E-state index in [4.69, 9.17) is 14.2 Å². The maximum absolute atomic E-state index is 12.7. The van der Waals surface area contributed by atoms with E-state index in [1.807, 2.05) is 0 Å². The molecule has 0 N–H and O–H groups in total. The molecule has 0 spiro atoms. The molecule has 356 valence electrons. The summed E-state index contributed by atoms with van der Waals surface area (Å²) in [7, 11) is 0. The summed E-state index contributed by atoms with van der Waals surface area (Å²) in [5.74, 6) is -0.892. The Kier molecular flexibility index (Phi) is 48.3. The van der Waals surface area contributed by atoms with Gasteiger partial charge in [0.1, 0.15) is 13.2 Å². The van der Waals surface area contributed by atoms with Crippen molar-refractivity contribution >= 4 is 17.9 Å². The number of hydrogen-bond acceptors (Lipinski definition) is 6. The van der Waals surface area contributed by atoms with E-state index >= 15 is 0 Å². The second-order valence-corrected chi connectivity index (χ2v) is 17.8. The first-order valence-electron chi connectivity index (χ1n) is 26.5. The van der Waals surface area contributed by atoms with Crippen molar-refractivity contribution < 1.29 is 28.6 Å². The maximum atomic E-state index is 12.7. The SMILES string of the molecule is CCC/C=C\CCCCCCCC(=O)OCC(COC(=O)CCCCCCCCCCC/C=C\CCCCCCCCCC)OC(=O)CCCCCCC/C=C\CCCCC. The number of carbonyl (C=O) groups is 3. The van der Waals surface area contributed by atoms with Gasteiger partial charge in [-0.1, -0.05) is 205 Å². The van der Waals surface area contributed by atoms with Gasteiger partial charge in [0.05, 0.1) is 0 Å². The van der Waals surface area contributed by atoms with Gasteiger partial charge in [-0.25, -0.2) is 0 Å². The van der Waals surface area contributed by atoms with Gasteiger partial charge >= 0.3 is 17.9 Å². The minimum atomic E-state index is -0.777. The van der Waals surface area contributed by atoms with Gasteiger partial charge < -0.3 is 14.2 Å². The highest BCUT2D eigenvalue weighted by molar-refractivity contribution is 5.71. The molecule has 0 aromatic carbocycles. The van der Waals surface area contributed by atoms with Crippen LogP contribution in [0.2, 0.25) is 0 Å². The molecule has 6 nitrogen and oxygen atoms in total. The lowest BCUT2D eigenvalue weighted by molar-refractivity contribution is -0.167. The third-order valence-corrected chi connectivity index (χ3v) is 11.6. The van der Waals surface area contributed by atoms with Crippen LogP contribution in [0.25, 0.3) is 0 Å². The van der Waals surface area contributed by atoms with Crippen molar-refractivity contribution in [3.63, 3.8) is 0 Å². The fourth-order valence-corrected chi connectivity index (χ4v) is 7.55. The quantitative estimate of drug-likeness (QED) is 0.0262. The minimum absolute atomic E-state index is 0.0778. The number of allylic oxidation sites excluding steroid dienone is 6. The zero-order valence-corrected chi connectivity index (χ0v) is 40.7. The van der Waals surface area contributed by atoms with Crippen molar-refractivity contribution in [1.82, 2.24) is 0 Å². The Morgan fingerprint density at radius 3 is 0.918 bits per heavy atom. The smallest absolute Gasteiger partial charge is 0.306 e. The molecule has 61 heavy (non-hydrogen) atoms. The molecule has 0 rings (SSSR count). The van der Waals surface area contributed by atoms with Crippen molar-refractivity contribution in [2.24, 2.45) is 0 Å². The van der Waals surface area contributed by atoms with Crippen LogP contribution in [0.5, 0.6) is 0 Å². The van der Waals surface area contributed by atoms with Crippen LogP contribution in [0.15, 0.2) is 36.5 Å². The number of unbranched alkanes of at least 4 members (excludes halogenated alkanes) is 31. The molecule has 0 radical (unpaired) electrons. The Hall–Kier alpha value is -2.37. The lowest BCUT2D eigenvalue weighted by Gasteiger charge is -2.18. The third-order valence-electron chi connectivity index (χ3n) is 11.6. The van der Waals surface area contributed by atoms with Crippen LogP contribution >= 0.6 is 0 Å². The van der Waals surface area contributed by atoms with E-state index in [1.165, 1.54) is 154 Å². The van der Waals surface area contributed by atoms with Gasteiger partial charge in [0.15, 0.2) is 6.10 Å². The lowest BCUT2D eigenvalue weighted by Crippen LogP contribution is -2.30. The molecule has 1 atom stereocenters. The average Bonchev–Trinajstić information content (AvgIpc) is 3.26. The van der Waals surface area contributed by atoms with E-state index in [9.17, 15) is 14.4 Å². The number of ether oxygens (including phenoxy) is 3. The van der Waals surface area contributed by atoms with Crippen molar-refractivity contribution in [3.05, 3.63) is 36.5 Å². The molecule has 0 saturated carbocycles. The van der Waals surface area contributed by atoms with Crippen molar-refractivity contribution in [2.45, 2.75) is 284 Å². The van der Waals surface area contributed by atoms with Crippen LogP contribution < -0.4 is 0 Å². The van der Waals surface area contributed by atoms with Crippen molar-refractivity contribution in [1.29, 1.82) is 0 Å². The molecule has 0 fully saturated rings.